The Morgan fingerprint density at radius 2 is 1.75 bits per heavy atom. The molecule has 0 fully saturated rings. The van der Waals surface area contributed by atoms with Gasteiger partial charge in [0.05, 0.1) is 33.4 Å². The van der Waals surface area contributed by atoms with E-state index in [-0.39, 0.29) is 6.04 Å². The van der Waals surface area contributed by atoms with E-state index in [1.807, 2.05) is 35.0 Å². The first-order chi connectivity index (χ1) is 17.6. The molecule has 1 aliphatic rings. The number of nitrogens with one attached hydrogen (secondary N) is 1. The maximum Gasteiger partial charge on any atom is 0.203 e. The van der Waals surface area contributed by atoms with Gasteiger partial charge in [0.15, 0.2) is 23.0 Å². The normalized spacial score (nSPS) is 15.1. The van der Waals surface area contributed by atoms with Crippen LogP contribution < -0.4 is 19.5 Å². The molecule has 1 aromatic heterocycles. The lowest BCUT2D eigenvalue weighted by Crippen LogP contribution is -2.30. The van der Waals surface area contributed by atoms with Gasteiger partial charge in [-0.15, -0.1) is 17.4 Å². The van der Waals surface area contributed by atoms with Crippen LogP contribution in [0, 0.1) is 12.3 Å². The van der Waals surface area contributed by atoms with E-state index in [0.717, 1.165) is 17.5 Å². The average Bonchev–Trinajstić information content (AvgIpc) is 3.53. The van der Waals surface area contributed by atoms with E-state index in [1.165, 1.54) is 0 Å². The molecule has 0 saturated carbocycles. The Hall–Kier alpha value is -3.97. The van der Waals surface area contributed by atoms with E-state index >= 15 is 0 Å². The summed E-state index contributed by atoms with van der Waals surface area (Å²) in [4.78, 5) is 0. The maximum absolute atomic E-state index is 5.80. The minimum absolute atomic E-state index is 0.0953. The standard InChI is InChI=1S/C26H31N7O3/c1-6-7-15-26(29-30-26)16-17-27-22(20-13-14-21(34-3)24(36-5)23(20)35-4)25-28-31-32-33(25)18(2)19-11-9-8-10-12-19/h1,8-14,18,22,27H,7,15-17H2,2-5H3. The predicted octanol–water partition coefficient (Wildman–Crippen LogP) is 3.95. The molecule has 1 N–H and O–H groups in total. The van der Waals surface area contributed by atoms with E-state index < -0.39 is 11.7 Å². The summed E-state index contributed by atoms with van der Waals surface area (Å²) in [6.45, 7) is 2.67. The SMILES string of the molecule is C#CCCC1(CCNC(c2ccc(OC)c(OC)c2OC)c2nnnn2C(C)c2ccccc2)N=N1. The fourth-order valence-corrected chi connectivity index (χ4v) is 4.32. The monoisotopic (exact) mass is 489 g/mol. The van der Waals surface area contributed by atoms with Crippen molar-refractivity contribution >= 4 is 0 Å². The van der Waals surface area contributed by atoms with Gasteiger partial charge in [-0.3, -0.25) is 0 Å². The van der Waals surface area contributed by atoms with Gasteiger partial charge in [0, 0.05) is 31.4 Å². The number of hydrogen-bond acceptors (Lipinski definition) is 9. The molecule has 0 amide bonds. The number of hydrogen-bond donors (Lipinski definition) is 1. The molecular formula is C26H31N7O3. The topological polar surface area (TPSA) is 108 Å². The first-order valence-corrected chi connectivity index (χ1v) is 11.8. The van der Waals surface area contributed by atoms with Gasteiger partial charge in [-0.1, -0.05) is 30.3 Å². The zero-order valence-electron chi connectivity index (χ0n) is 21.0. The van der Waals surface area contributed by atoms with Gasteiger partial charge < -0.3 is 19.5 Å². The van der Waals surface area contributed by atoms with Crippen LogP contribution in [0.1, 0.15) is 55.2 Å². The second-order valence-electron chi connectivity index (χ2n) is 8.52. The zero-order chi connectivity index (χ0) is 25.5. The van der Waals surface area contributed by atoms with Crippen LogP contribution in [-0.2, 0) is 0 Å². The molecule has 36 heavy (non-hydrogen) atoms. The van der Waals surface area contributed by atoms with Crippen molar-refractivity contribution in [1.29, 1.82) is 0 Å². The van der Waals surface area contributed by atoms with Crippen molar-refractivity contribution in [2.45, 2.75) is 43.9 Å². The van der Waals surface area contributed by atoms with Crippen LogP contribution in [0.2, 0.25) is 0 Å². The number of tetrazole rings is 1. The fourth-order valence-electron chi connectivity index (χ4n) is 4.32. The number of methoxy groups -OCH3 is 3. The number of ether oxygens (including phenoxy) is 3. The number of terminal acetylenes is 1. The third-order valence-electron chi connectivity index (χ3n) is 6.40. The molecule has 10 heteroatoms. The minimum atomic E-state index is -0.413. The van der Waals surface area contributed by atoms with Gasteiger partial charge in [0.2, 0.25) is 5.75 Å². The summed E-state index contributed by atoms with van der Waals surface area (Å²) in [6.07, 6.45) is 7.52. The summed E-state index contributed by atoms with van der Waals surface area (Å²) in [7, 11) is 4.77. The Bertz CT molecular complexity index is 1230. The zero-order valence-corrected chi connectivity index (χ0v) is 21.0. The summed E-state index contributed by atoms with van der Waals surface area (Å²) >= 11 is 0. The predicted molar refractivity (Wildman–Crippen MR) is 134 cm³/mol. The molecular weight excluding hydrogens is 458 g/mol. The highest BCUT2D eigenvalue weighted by atomic mass is 16.5. The molecule has 2 atom stereocenters. The summed E-state index contributed by atoms with van der Waals surface area (Å²) in [5.74, 6) is 4.92. The van der Waals surface area contributed by atoms with Crippen LogP contribution in [-0.4, -0.2) is 53.7 Å². The molecule has 1 aliphatic heterocycles. The highest BCUT2D eigenvalue weighted by Gasteiger charge is 2.39. The van der Waals surface area contributed by atoms with Crippen LogP contribution in [0.4, 0.5) is 0 Å². The average molecular weight is 490 g/mol. The van der Waals surface area contributed by atoms with Crippen LogP contribution in [0.25, 0.3) is 0 Å². The van der Waals surface area contributed by atoms with Crippen LogP contribution in [0.3, 0.4) is 0 Å². The highest BCUT2D eigenvalue weighted by Crippen LogP contribution is 2.44. The molecule has 2 aromatic carbocycles. The molecule has 188 valence electrons. The smallest absolute Gasteiger partial charge is 0.203 e. The van der Waals surface area contributed by atoms with Crippen molar-refractivity contribution in [3.05, 3.63) is 59.4 Å². The van der Waals surface area contributed by atoms with Crippen molar-refractivity contribution in [3.8, 4) is 29.6 Å². The fraction of sp³-hybridized carbons (Fsp3) is 0.423. The van der Waals surface area contributed by atoms with Crippen molar-refractivity contribution < 1.29 is 14.2 Å². The lowest BCUT2D eigenvalue weighted by molar-refractivity contribution is 0.319. The quantitative estimate of drug-likeness (QED) is 0.362. The van der Waals surface area contributed by atoms with E-state index in [9.17, 15) is 0 Å². The molecule has 2 heterocycles. The summed E-state index contributed by atoms with van der Waals surface area (Å²) in [5, 5.41) is 24.9. The summed E-state index contributed by atoms with van der Waals surface area (Å²) in [5.41, 5.74) is 1.50. The van der Waals surface area contributed by atoms with Gasteiger partial charge in [-0.25, -0.2) is 4.68 Å². The summed E-state index contributed by atoms with van der Waals surface area (Å²) in [6, 6.07) is 13.4. The Labute approximate surface area is 211 Å². The Morgan fingerprint density at radius 3 is 2.39 bits per heavy atom. The molecule has 0 aliphatic carbocycles. The van der Waals surface area contributed by atoms with Crippen molar-refractivity contribution in [3.63, 3.8) is 0 Å². The van der Waals surface area contributed by atoms with Crippen molar-refractivity contribution in [1.82, 2.24) is 25.5 Å². The Morgan fingerprint density at radius 1 is 1.00 bits per heavy atom. The second-order valence-corrected chi connectivity index (χ2v) is 8.52. The van der Waals surface area contributed by atoms with E-state index in [0.29, 0.717) is 42.5 Å². The molecule has 0 bridgehead atoms. The van der Waals surface area contributed by atoms with E-state index in [4.69, 9.17) is 20.6 Å². The van der Waals surface area contributed by atoms with Crippen molar-refractivity contribution in [2.24, 2.45) is 10.2 Å². The van der Waals surface area contributed by atoms with E-state index in [2.05, 4.69) is 56.0 Å². The molecule has 0 saturated heterocycles. The lowest BCUT2D eigenvalue weighted by Gasteiger charge is -2.25. The summed E-state index contributed by atoms with van der Waals surface area (Å²) < 4.78 is 18.8. The van der Waals surface area contributed by atoms with Gasteiger partial charge in [-0.2, -0.15) is 10.2 Å². The number of rotatable bonds is 13. The largest absolute Gasteiger partial charge is 0.493 e. The second kappa shape index (κ2) is 11.2. The van der Waals surface area contributed by atoms with Crippen LogP contribution in [0.15, 0.2) is 52.7 Å². The number of benzene rings is 2. The minimum Gasteiger partial charge on any atom is -0.493 e. The maximum atomic E-state index is 5.80. The van der Waals surface area contributed by atoms with Gasteiger partial charge >= 0.3 is 0 Å². The lowest BCUT2D eigenvalue weighted by atomic mass is 10.0. The number of nitrogens with zero attached hydrogens (tertiary/aromatic N) is 6. The third-order valence-corrected chi connectivity index (χ3v) is 6.40. The van der Waals surface area contributed by atoms with Crippen LogP contribution >= 0.6 is 0 Å². The number of aromatic nitrogens is 4. The molecule has 2 unspecified atom stereocenters. The molecule has 3 aromatic rings. The Balaban J connectivity index is 1.70. The Kier molecular flexibility index (Phi) is 7.80. The van der Waals surface area contributed by atoms with Crippen molar-refractivity contribution in [2.75, 3.05) is 27.9 Å². The molecule has 0 spiro atoms. The first kappa shape index (κ1) is 25.1. The molecule has 0 radical (unpaired) electrons. The van der Waals surface area contributed by atoms with Crippen LogP contribution in [0.5, 0.6) is 17.2 Å². The first-order valence-electron chi connectivity index (χ1n) is 11.8. The van der Waals surface area contributed by atoms with Gasteiger partial charge in [0.1, 0.15) is 0 Å². The van der Waals surface area contributed by atoms with Gasteiger partial charge in [0.25, 0.3) is 0 Å². The molecule has 4 rings (SSSR count). The third kappa shape index (κ3) is 5.16. The van der Waals surface area contributed by atoms with E-state index in [1.54, 1.807) is 21.3 Å². The molecule has 10 nitrogen and oxygen atoms in total. The van der Waals surface area contributed by atoms with Gasteiger partial charge in [-0.05, 0) is 35.0 Å². The highest BCUT2D eigenvalue weighted by molar-refractivity contribution is 5.57.